The lowest BCUT2D eigenvalue weighted by Gasteiger charge is -2.58. The largest absolute Gasteiger partial charge is 0.462 e. The van der Waals surface area contributed by atoms with Crippen LogP contribution in [0.25, 0.3) is 0 Å². The Morgan fingerprint density at radius 1 is 1.05 bits per heavy atom. The Hall–Kier alpha value is -1.36. The number of carbonyl (C=O) groups excluding carboxylic acids is 3. The van der Waals surface area contributed by atoms with Crippen LogP contribution in [0.1, 0.15) is 99.3 Å². The SMILES string of the molecule is CC(=O)O[C@H]1CC[C@@]2(C)C(=CC[C@H]3[C@@H]4C[C@H](OC(C)=O)[C@H]([C@H](C)C(=O)CCC(C)CCl)[C@@]4(C)CC[C@@H]32)C1. The molecule has 4 rings (SSSR count). The zero-order valence-corrected chi connectivity index (χ0v) is 24.4. The van der Waals surface area contributed by atoms with Gasteiger partial charge in [-0.2, -0.15) is 0 Å². The molecule has 0 heterocycles. The molecule has 0 N–H and O–H groups in total. The van der Waals surface area contributed by atoms with Gasteiger partial charge in [0.25, 0.3) is 0 Å². The summed E-state index contributed by atoms with van der Waals surface area (Å²) in [5.41, 5.74) is 1.58. The maximum atomic E-state index is 13.4. The van der Waals surface area contributed by atoms with Crippen LogP contribution in [0.4, 0.5) is 0 Å². The van der Waals surface area contributed by atoms with Crippen molar-refractivity contribution in [2.75, 3.05) is 5.88 Å². The maximum Gasteiger partial charge on any atom is 0.302 e. The lowest BCUT2D eigenvalue weighted by Crippen LogP contribution is -2.51. The van der Waals surface area contributed by atoms with Gasteiger partial charge < -0.3 is 9.47 Å². The second-order valence-electron chi connectivity index (χ2n) is 13.2. The van der Waals surface area contributed by atoms with Gasteiger partial charge in [0.1, 0.15) is 18.0 Å². The number of Topliss-reactive ketones (excluding diaryl/α,β-unsaturated/α-hetero) is 1. The average molecular weight is 535 g/mol. The summed E-state index contributed by atoms with van der Waals surface area (Å²) < 4.78 is 11.6. The quantitative estimate of drug-likeness (QED) is 0.192. The molecule has 0 aromatic heterocycles. The minimum Gasteiger partial charge on any atom is -0.462 e. The van der Waals surface area contributed by atoms with Crippen LogP contribution < -0.4 is 0 Å². The molecule has 208 valence electrons. The van der Waals surface area contributed by atoms with Crippen LogP contribution >= 0.6 is 11.6 Å². The Morgan fingerprint density at radius 2 is 1.76 bits per heavy atom. The highest BCUT2D eigenvalue weighted by Gasteiger charge is 2.63. The number of halogens is 1. The number of ketones is 1. The number of allylic oxidation sites excluding steroid dienone is 1. The van der Waals surface area contributed by atoms with E-state index >= 15 is 0 Å². The Bertz CT molecular complexity index is 929. The van der Waals surface area contributed by atoms with E-state index in [-0.39, 0.29) is 52.6 Å². The molecule has 3 fully saturated rings. The number of rotatable bonds is 8. The molecule has 4 aliphatic rings. The highest BCUT2D eigenvalue weighted by atomic mass is 35.5. The Kier molecular flexibility index (Phi) is 8.53. The summed E-state index contributed by atoms with van der Waals surface area (Å²) in [5, 5.41) is 0. The number of esters is 2. The molecule has 0 aromatic carbocycles. The second-order valence-corrected chi connectivity index (χ2v) is 13.5. The molecule has 1 unspecified atom stereocenters. The van der Waals surface area contributed by atoms with Gasteiger partial charge in [0.2, 0.25) is 0 Å². The van der Waals surface area contributed by atoms with Gasteiger partial charge in [0, 0.05) is 44.4 Å². The third-order valence-corrected chi connectivity index (χ3v) is 11.5. The van der Waals surface area contributed by atoms with Gasteiger partial charge in [0.05, 0.1) is 0 Å². The van der Waals surface area contributed by atoms with Gasteiger partial charge in [-0.15, -0.1) is 11.6 Å². The Labute approximate surface area is 228 Å². The summed E-state index contributed by atoms with van der Waals surface area (Å²) in [4.78, 5) is 37.1. The van der Waals surface area contributed by atoms with Crippen molar-refractivity contribution in [3.63, 3.8) is 0 Å². The van der Waals surface area contributed by atoms with Gasteiger partial charge in [-0.3, -0.25) is 14.4 Å². The number of ether oxygens (including phenoxy) is 2. The number of alkyl halides is 1. The van der Waals surface area contributed by atoms with E-state index in [1.54, 1.807) is 0 Å². The van der Waals surface area contributed by atoms with Crippen molar-refractivity contribution in [3.05, 3.63) is 11.6 Å². The minimum atomic E-state index is -0.245. The van der Waals surface area contributed by atoms with Crippen molar-refractivity contribution in [2.24, 2.45) is 46.3 Å². The molecule has 0 saturated heterocycles. The number of hydrogen-bond acceptors (Lipinski definition) is 5. The predicted molar refractivity (Wildman–Crippen MR) is 145 cm³/mol. The molecule has 0 amide bonds. The van der Waals surface area contributed by atoms with Crippen LogP contribution in [-0.4, -0.2) is 35.8 Å². The normalized spacial score (nSPS) is 40.4. The molecule has 0 bridgehead atoms. The molecular weight excluding hydrogens is 488 g/mol. The zero-order valence-electron chi connectivity index (χ0n) is 23.7. The number of hydrogen-bond donors (Lipinski definition) is 0. The van der Waals surface area contributed by atoms with E-state index in [1.807, 2.05) is 0 Å². The van der Waals surface area contributed by atoms with Crippen LogP contribution in [0, 0.1) is 46.3 Å². The van der Waals surface area contributed by atoms with E-state index in [0.717, 1.165) is 51.4 Å². The fourth-order valence-corrected chi connectivity index (χ4v) is 9.27. The molecule has 0 radical (unpaired) electrons. The first-order chi connectivity index (χ1) is 17.4. The van der Waals surface area contributed by atoms with Crippen LogP contribution in [0.15, 0.2) is 11.6 Å². The Balaban J connectivity index is 1.58. The first kappa shape index (κ1) is 28.6. The second kappa shape index (κ2) is 11.0. The standard InChI is InChI=1S/C31H47ClO5/c1-18(17-32)7-10-27(35)19(2)29-28(37-21(4)34)16-26-24-9-8-22-15-23(36-20(3)33)11-13-30(22,5)25(24)12-14-31(26,29)6/h8,18-19,23-26,28-29H,7,9-17H2,1-6H3/t18?,19-,23+,24-,25+,26+,28+,29+,30+,31+/m1/s1. The molecule has 6 heteroatoms. The highest BCUT2D eigenvalue weighted by Crippen LogP contribution is 2.67. The minimum absolute atomic E-state index is 0.000165. The van der Waals surface area contributed by atoms with Crippen molar-refractivity contribution in [2.45, 2.75) is 112 Å². The molecule has 3 saturated carbocycles. The van der Waals surface area contributed by atoms with E-state index < -0.39 is 0 Å². The van der Waals surface area contributed by atoms with Gasteiger partial charge in [-0.1, -0.05) is 39.3 Å². The molecule has 0 aliphatic heterocycles. The van der Waals surface area contributed by atoms with Gasteiger partial charge >= 0.3 is 11.9 Å². The van der Waals surface area contributed by atoms with Crippen LogP contribution in [0.3, 0.4) is 0 Å². The van der Waals surface area contributed by atoms with E-state index in [0.29, 0.717) is 36.0 Å². The fraction of sp³-hybridized carbons (Fsp3) is 0.839. The van der Waals surface area contributed by atoms with Crippen LogP contribution in [0.2, 0.25) is 0 Å². The predicted octanol–water partition coefficient (Wildman–Crippen LogP) is 6.90. The summed E-state index contributed by atoms with van der Waals surface area (Å²) in [6.45, 7) is 12.0. The third kappa shape index (κ3) is 5.40. The highest BCUT2D eigenvalue weighted by molar-refractivity contribution is 6.18. The van der Waals surface area contributed by atoms with Crippen molar-refractivity contribution in [1.29, 1.82) is 0 Å². The van der Waals surface area contributed by atoms with Crippen molar-refractivity contribution < 1.29 is 23.9 Å². The summed E-state index contributed by atoms with van der Waals surface area (Å²) in [7, 11) is 0. The molecule has 0 aromatic rings. The first-order valence-electron chi connectivity index (χ1n) is 14.5. The van der Waals surface area contributed by atoms with Gasteiger partial charge in [-0.25, -0.2) is 0 Å². The Morgan fingerprint density at radius 3 is 2.41 bits per heavy atom. The van der Waals surface area contributed by atoms with Crippen molar-refractivity contribution >= 4 is 29.3 Å². The summed E-state index contributed by atoms with van der Waals surface area (Å²) >= 11 is 6.00. The van der Waals surface area contributed by atoms with E-state index in [4.69, 9.17) is 21.1 Å². The molecule has 37 heavy (non-hydrogen) atoms. The van der Waals surface area contributed by atoms with Crippen LogP contribution in [-0.2, 0) is 23.9 Å². The topological polar surface area (TPSA) is 69.7 Å². The van der Waals surface area contributed by atoms with Gasteiger partial charge in [-0.05, 0) is 79.4 Å². The molecule has 10 atom stereocenters. The lowest BCUT2D eigenvalue weighted by atomic mass is 9.47. The van der Waals surface area contributed by atoms with E-state index in [9.17, 15) is 14.4 Å². The van der Waals surface area contributed by atoms with E-state index in [1.165, 1.54) is 19.4 Å². The molecule has 5 nitrogen and oxygen atoms in total. The third-order valence-electron chi connectivity index (χ3n) is 11.0. The zero-order chi connectivity index (χ0) is 27.1. The number of carbonyl (C=O) groups is 3. The summed E-state index contributed by atoms with van der Waals surface area (Å²) in [6, 6.07) is 0. The average Bonchev–Trinajstić information content (AvgIpc) is 3.12. The first-order valence-corrected chi connectivity index (χ1v) is 15.1. The van der Waals surface area contributed by atoms with Crippen molar-refractivity contribution in [3.8, 4) is 0 Å². The molecule has 0 spiro atoms. The molecular formula is C31H47ClO5. The molecule has 4 aliphatic carbocycles. The lowest BCUT2D eigenvalue weighted by molar-refractivity contribution is -0.153. The van der Waals surface area contributed by atoms with Crippen LogP contribution in [0.5, 0.6) is 0 Å². The number of fused-ring (bicyclic) bond motifs is 5. The summed E-state index contributed by atoms with van der Waals surface area (Å²) in [5.74, 6) is 2.20. The van der Waals surface area contributed by atoms with Gasteiger partial charge in [0.15, 0.2) is 0 Å². The van der Waals surface area contributed by atoms with E-state index in [2.05, 4.69) is 33.8 Å². The fourth-order valence-electron chi connectivity index (χ4n) is 9.11. The maximum absolute atomic E-state index is 13.4. The monoisotopic (exact) mass is 534 g/mol. The smallest absolute Gasteiger partial charge is 0.302 e. The van der Waals surface area contributed by atoms with Crippen molar-refractivity contribution in [1.82, 2.24) is 0 Å². The summed E-state index contributed by atoms with van der Waals surface area (Å²) in [6.07, 6.45) is 10.5.